The van der Waals surface area contributed by atoms with Crippen molar-refractivity contribution in [3.63, 3.8) is 0 Å². The number of amides is 1. The number of nitrogens with one attached hydrogen (secondary N) is 1. The lowest BCUT2D eigenvalue weighted by molar-refractivity contribution is -0.124. The first-order valence-electron chi connectivity index (χ1n) is 8.92. The van der Waals surface area contributed by atoms with Gasteiger partial charge >= 0.3 is 0 Å². The second kappa shape index (κ2) is 8.30. The second-order valence-electron chi connectivity index (χ2n) is 7.64. The molecule has 1 aromatic rings. The van der Waals surface area contributed by atoms with E-state index in [1.54, 1.807) is 11.3 Å². The SMILES string of the molecule is C[C@H]1CN(C)c2nc(cs2)CCNC(=O)[C@H](C)CCC[C@](C)(O)C1. The molecule has 0 aliphatic carbocycles. The van der Waals surface area contributed by atoms with Gasteiger partial charge in [-0.2, -0.15) is 0 Å². The van der Waals surface area contributed by atoms with Crippen molar-refractivity contribution in [3.05, 3.63) is 11.1 Å². The summed E-state index contributed by atoms with van der Waals surface area (Å²) in [6, 6.07) is 0. The van der Waals surface area contributed by atoms with E-state index >= 15 is 0 Å². The maximum Gasteiger partial charge on any atom is 0.222 e. The molecule has 1 aliphatic heterocycles. The summed E-state index contributed by atoms with van der Waals surface area (Å²) in [5.74, 6) is 0.469. The van der Waals surface area contributed by atoms with Crippen LogP contribution in [-0.4, -0.2) is 41.7 Å². The number of anilines is 1. The van der Waals surface area contributed by atoms with Gasteiger partial charge in [0.25, 0.3) is 0 Å². The quantitative estimate of drug-likeness (QED) is 0.753. The number of carbonyl (C=O) groups is 1. The maximum atomic E-state index is 12.1. The largest absolute Gasteiger partial charge is 0.390 e. The van der Waals surface area contributed by atoms with Gasteiger partial charge in [-0.1, -0.05) is 13.8 Å². The lowest BCUT2D eigenvalue weighted by atomic mass is 9.87. The second-order valence-corrected chi connectivity index (χ2v) is 8.48. The third-order valence-corrected chi connectivity index (χ3v) is 5.72. The van der Waals surface area contributed by atoms with Gasteiger partial charge in [-0.05, 0) is 38.5 Å². The van der Waals surface area contributed by atoms with Gasteiger partial charge in [0.1, 0.15) is 0 Å². The lowest BCUT2D eigenvalue weighted by Crippen LogP contribution is -2.33. The number of hydrogen-bond donors (Lipinski definition) is 2. The Morgan fingerprint density at radius 3 is 2.96 bits per heavy atom. The molecule has 6 heteroatoms. The Bertz CT molecular complexity index is 544. The molecular weight excluding hydrogens is 322 g/mol. The number of nitrogens with zero attached hydrogens (tertiary/aromatic N) is 2. The molecule has 0 aromatic carbocycles. The summed E-state index contributed by atoms with van der Waals surface area (Å²) in [5.41, 5.74) is 0.350. The molecule has 2 rings (SSSR count). The molecule has 2 N–H and O–H groups in total. The van der Waals surface area contributed by atoms with Crippen molar-refractivity contribution in [1.29, 1.82) is 0 Å². The van der Waals surface area contributed by atoms with Gasteiger partial charge in [0.2, 0.25) is 5.91 Å². The minimum absolute atomic E-state index is 0.0109. The van der Waals surface area contributed by atoms with Crippen LogP contribution in [0.1, 0.15) is 52.1 Å². The van der Waals surface area contributed by atoms with Crippen LogP contribution in [0.25, 0.3) is 0 Å². The summed E-state index contributed by atoms with van der Waals surface area (Å²) in [6.45, 7) is 7.57. The van der Waals surface area contributed by atoms with Crippen LogP contribution in [0.2, 0.25) is 0 Å². The number of rotatable bonds is 0. The van der Waals surface area contributed by atoms with Crippen LogP contribution < -0.4 is 10.2 Å². The molecular formula is C18H31N3O2S. The zero-order valence-corrected chi connectivity index (χ0v) is 16.2. The van der Waals surface area contributed by atoms with E-state index in [9.17, 15) is 9.90 Å². The number of aliphatic hydroxyl groups is 1. The van der Waals surface area contributed by atoms with E-state index in [1.807, 2.05) is 13.8 Å². The first-order valence-corrected chi connectivity index (χ1v) is 9.80. The molecule has 1 aliphatic rings. The summed E-state index contributed by atoms with van der Waals surface area (Å²) in [6.07, 6.45) is 3.96. The molecule has 0 saturated carbocycles. The average Bonchev–Trinajstić information content (AvgIpc) is 2.94. The minimum atomic E-state index is -0.679. The Morgan fingerprint density at radius 1 is 1.46 bits per heavy atom. The van der Waals surface area contributed by atoms with E-state index < -0.39 is 5.60 Å². The Morgan fingerprint density at radius 2 is 2.21 bits per heavy atom. The highest BCUT2D eigenvalue weighted by Gasteiger charge is 2.25. The van der Waals surface area contributed by atoms with Gasteiger partial charge in [-0.3, -0.25) is 4.79 Å². The number of aromatic nitrogens is 1. The van der Waals surface area contributed by atoms with Crippen molar-refractivity contribution in [2.24, 2.45) is 11.8 Å². The van der Waals surface area contributed by atoms with Gasteiger partial charge in [-0.15, -0.1) is 11.3 Å². The fourth-order valence-electron chi connectivity index (χ4n) is 3.46. The van der Waals surface area contributed by atoms with E-state index in [0.717, 1.165) is 49.5 Å². The third kappa shape index (κ3) is 5.74. The molecule has 2 bridgehead atoms. The summed E-state index contributed by atoms with van der Waals surface area (Å²) < 4.78 is 0. The summed E-state index contributed by atoms with van der Waals surface area (Å²) in [7, 11) is 2.06. The van der Waals surface area contributed by atoms with Crippen molar-refractivity contribution in [2.75, 3.05) is 25.0 Å². The Hall–Kier alpha value is -1.14. The van der Waals surface area contributed by atoms with Crippen LogP contribution in [0.3, 0.4) is 0 Å². The molecule has 24 heavy (non-hydrogen) atoms. The molecule has 0 unspecified atom stereocenters. The third-order valence-electron chi connectivity index (χ3n) is 4.72. The van der Waals surface area contributed by atoms with Crippen LogP contribution in [0, 0.1) is 11.8 Å². The van der Waals surface area contributed by atoms with Crippen molar-refractivity contribution in [3.8, 4) is 0 Å². The first-order chi connectivity index (χ1) is 11.3. The highest BCUT2D eigenvalue weighted by molar-refractivity contribution is 7.13. The van der Waals surface area contributed by atoms with Crippen molar-refractivity contribution in [1.82, 2.24) is 10.3 Å². The summed E-state index contributed by atoms with van der Waals surface area (Å²) in [4.78, 5) is 19.0. The molecule has 0 radical (unpaired) electrons. The summed E-state index contributed by atoms with van der Waals surface area (Å²) in [5, 5.41) is 16.7. The molecule has 0 saturated heterocycles. The lowest BCUT2D eigenvalue weighted by Gasteiger charge is -2.29. The smallest absolute Gasteiger partial charge is 0.222 e. The predicted molar refractivity (Wildman–Crippen MR) is 99.5 cm³/mol. The normalized spacial score (nSPS) is 30.9. The van der Waals surface area contributed by atoms with Crippen LogP contribution >= 0.6 is 11.3 Å². The van der Waals surface area contributed by atoms with Gasteiger partial charge in [0.15, 0.2) is 5.13 Å². The topological polar surface area (TPSA) is 65.5 Å². The summed E-state index contributed by atoms with van der Waals surface area (Å²) >= 11 is 1.64. The highest BCUT2D eigenvalue weighted by Crippen LogP contribution is 2.26. The number of fused-ring (bicyclic) bond motifs is 2. The number of carbonyl (C=O) groups excluding carboxylic acids is 1. The Labute approximate surface area is 149 Å². The van der Waals surface area contributed by atoms with E-state index in [-0.39, 0.29) is 11.8 Å². The predicted octanol–water partition coefficient (Wildman–Crippen LogP) is 2.84. The molecule has 136 valence electrons. The van der Waals surface area contributed by atoms with Crippen molar-refractivity contribution >= 4 is 22.4 Å². The molecule has 2 heterocycles. The van der Waals surface area contributed by atoms with Crippen LogP contribution in [0.5, 0.6) is 0 Å². The molecule has 3 atom stereocenters. The molecule has 5 nitrogen and oxygen atoms in total. The Kier molecular flexibility index (Phi) is 6.63. The van der Waals surface area contributed by atoms with Crippen molar-refractivity contribution in [2.45, 2.75) is 58.5 Å². The van der Waals surface area contributed by atoms with Gasteiger partial charge in [0.05, 0.1) is 11.3 Å². The molecule has 0 fully saturated rings. The number of thiazole rings is 1. The van der Waals surface area contributed by atoms with Gasteiger partial charge in [0, 0.05) is 37.9 Å². The molecule has 1 aromatic heterocycles. The molecule has 1 amide bonds. The first kappa shape index (κ1) is 19.2. The van der Waals surface area contributed by atoms with Crippen LogP contribution in [-0.2, 0) is 11.2 Å². The zero-order chi connectivity index (χ0) is 17.7. The fraction of sp³-hybridized carbons (Fsp3) is 0.778. The molecule has 0 spiro atoms. The standard InChI is InChI=1S/C18H31N3O2S/c1-13-10-18(3,23)8-5-6-14(2)16(22)19-9-7-15-12-24-17(20-15)21(4)11-13/h12-14,23H,5-11H2,1-4H3,(H,19,22)/t13-,14-,18+/m1/s1. The Balaban J connectivity index is 2.09. The number of hydrogen-bond acceptors (Lipinski definition) is 5. The minimum Gasteiger partial charge on any atom is -0.390 e. The van der Waals surface area contributed by atoms with E-state index in [4.69, 9.17) is 0 Å². The fourth-order valence-corrected chi connectivity index (χ4v) is 4.29. The maximum absolute atomic E-state index is 12.1. The van der Waals surface area contributed by atoms with E-state index in [1.165, 1.54) is 0 Å². The zero-order valence-electron chi connectivity index (χ0n) is 15.3. The van der Waals surface area contributed by atoms with Crippen molar-refractivity contribution < 1.29 is 9.90 Å². The van der Waals surface area contributed by atoms with Gasteiger partial charge < -0.3 is 15.3 Å². The van der Waals surface area contributed by atoms with Crippen LogP contribution in [0.15, 0.2) is 5.38 Å². The van der Waals surface area contributed by atoms with Gasteiger partial charge in [-0.25, -0.2) is 4.98 Å². The average molecular weight is 354 g/mol. The van der Waals surface area contributed by atoms with Crippen LogP contribution in [0.4, 0.5) is 5.13 Å². The van der Waals surface area contributed by atoms with E-state index in [0.29, 0.717) is 12.5 Å². The monoisotopic (exact) mass is 353 g/mol. The van der Waals surface area contributed by atoms with E-state index in [2.05, 4.69) is 34.6 Å². The highest BCUT2D eigenvalue weighted by atomic mass is 32.1.